The molecule has 0 bridgehead atoms. The van der Waals surface area contributed by atoms with E-state index in [4.69, 9.17) is 4.52 Å². The molecule has 2 aromatic rings. The van der Waals surface area contributed by atoms with E-state index in [2.05, 4.69) is 38.0 Å². The lowest BCUT2D eigenvalue weighted by atomic mass is 10.1. The highest BCUT2D eigenvalue weighted by Gasteiger charge is 2.23. The summed E-state index contributed by atoms with van der Waals surface area (Å²) in [4.78, 5) is 13.2. The minimum absolute atomic E-state index is 0.461. The summed E-state index contributed by atoms with van der Waals surface area (Å²) in [6.07, 6.45) is 4.96. The monoisotopic (exact) mass is 326 g/mol. The van der Waals surface area contributed by atoms with Crippen molar-refractivity contribution in [3.63, 3.8) is 0 Å². The van der Waals surface area contributed by atoms with Gasteiger partial charge >= 0.3 is 0 Å². The summed E-state index contributed by atoms with van der Waals surface area (Å²) in [7, 11) is 2.10. The van der Waals surface area contributed by atoms with Crippen molar-refractivity contribution >= 4 is 5.82 Å². The predicted octanol–water partition coefficient (Wildman–Crippen LogP) is 2.14. The molecule has 7 nitrogen and oxygen atoms in total. The number of nitrogens with zero attached hydrogens (tertiary/aromatic N) is 6. The first-order chi connectivity index (χ1) is 11.7. The fraction of sp³-hybridized carbons (Fsp3) is 0.529. The van der Waals surface area contributed by atoms with Crippen LogP contribution in [0.15, 0.2) is 22.9 Å². The first kappa shape index (κ1) is 16.4. The van der Waals surface area contributed by atoms with Crippen LogP contribution in [0.4, 0.5) is 5.82 Å². The van der Waals surface area contributed by atoms with Gasteiger partial charge in [0, 0.05) is 32.3 Å². The van der Waals surface area contributed by atoms with E-state index in [1.165, 1.54) is 0 Å². The molecule has 7 heteroatoms. The topological polar surface area (TPSA) is 82.1 Å². The minimum atomic E-state index is 0.461. The second-order valence-electron chi connectivity index (χ2n) is 6.20. The van der Waals surface area contributed by atoms with E-state index in [9.17, 15) is 5.26 Å². The summed E-state index contributed by atoms with van der Waals surface area (Å²) >= 11 is 0. The van der Waals surface area contributed by atoms with Crippen molar-refractivity contribution in [2.75, 3.05) is 25.0 Å². The Kier molecular flexibility index (Phi) is 5.06. The zero-order valence-corrected chi connectivity index (χ0v) is 14.1. The molecule has 0 N–H and O–H groups in total. The maximum atomic E-state index is 9.28. The summed E-state index contributed by atoms with van der Waals surface area (Å²) in [5.74, 6) is 2.13. The normalized spacial score (nSPS) is 18.4. The van der Waals surface area contributed by atoms with Gasteiger partial charge in [-0.2, -0.15) is 10.2 Å². The van der Waals surface area contributed by atoms with Gasteiger partial charge in [-0.25, -0.2) is 4.98 Å². The van der Waals surface area contributed by atoms with Crippen LogP contribution in [0.3, 0.4) is 0 Å². The Morgan fingerprint density at radius 1 is 1.42 bits per heavy atom. The van der Waals surface area contributed by atoms with Crippen LogP contribution in [-0.4, -0.2) is 46.2 Å². The number of aryl methyl sites for hydroxylation is 1. The molecule has 3 rings (SSSR count). The molecule has 0 radical (unpaired) electrons. The van der Waals surface area contributed by atoms with Crippen LogP contribution >= 0.6 is 0 Å². The molecule has 0 amide bonds. The van der Waals surface area contributed by atoms with Crippen LogP contribution in [-0.2, 0) is 6.54 Å². The molecule has 0 spiro atoms. The molecule has 24 heavy (non-hydrogen) atoms. The number of pyridine rings is 1. The van der Waals surface area contributed by atoms with Gasteiger partial charge in [0.25, 0.3) is 0 Å². The van der Waals surface area contributed by atoms with Crippen molar-refractivity contribution in [3.8, 4) is 6.07 Å². The van der Waals surface area contributed by atoms with Gasteiger partial charge in [0.15, 0.2) is 5.82 Å². The molecular formula is C17H22N6O. The van der Waals surface area contributed by atoms with Gasteiger partial charge in [0.2, 0.25) is 5.89 Å². The largest absolute Gasteiger partial charge is 0.355 e. The van der Waals surface area contributed by atoms with Gasteiger partial charge in [-0.3, -0.25) is 4.90 Å². The number of anilines is 1. The van der Waals surface area contributed by atoms with E-state index in [1.807, 2.05) is 12.1 Å². The SMILES string of the molecule is Cc1nc(CN(C)C2CCCN(c3ncccc3C#N)CC2)no1. The van der Waals surface area contributed by atoms with Gasteiger partial charge in [-0.15, -0.1) is 0 Å². The first-order valence-electron chi connectivity index (χ1n) is 8.27. The maximum Gasteiger partial charge on any atom is 0.223 e. The Labute approximate surface area is 141 Å². The average molecular weight is 326 g/mol. The quantitative estimate of drug-likeness (QED) is 0.851. The van der Waals surface area contributed by atoms with E-state index in [1.54, 1.807) is 13.1 Å². The third-order valence-corrected chi connectivity index (χ3v) is 4.49. The van der Waals surface area contributed by atoms with Crippen molar-refractivity contribution in [2.45, 2.75) is 38.8 Å². The van der Waals surface area contributed by atoms with Crippen LogP contribution in [0.25, 0.3) is 0 Å². The molecule has 126 valence electrons. The van der Waals surface area contributed by atoms with E-state index in [-0.39, 0.29) is 0 Å². The Morgan fingerprint density at radius 2 is 2.29 bits per heavy atom. The smallest absolute Gasteiger partial charge is 0.223 e. The summed E-state index contributed by atoms with van der Waals surface area (Å²) in [6.45, 7) is 4.32. The highest BCUT2D eigenvalue weighted by atomic mass is 16.5. The van der Waals surface area contributed by atoms with Gasteiger partial charge in [0.05, 0.1) is 12.1 Å². The van der Waals surface area contributed by atoms with Crippen LogP contribution in [0, 0.1) is 18.3 Å². The minimum Gasteiger partial charge on any atom is -0.355 e. The molecule has 1 fully saturated rings. The predicted molar refractivity (Wildman–Crippen MR) is 89.3 cm³/mol. The fourth-order valence-corrected chi connectivity index (χ4v) is 3.23. The molecule has 2 aromatic heterocycles. The average Bonchev–Trinajstić information content (AvgIpc) is 2.86. The molecule has 0 aromatic carbocycles. The van der Waals surface area contributed by atoms with Crippen molar-refractivity contribution < 1.29 is 4.52 Å². The zero-order valence-electron chi connectivity index (χ0n) is 14.1. The molecule has 3 heterocycles. The van der Waals surface area contributed by atoms with E-state index >= 15 is 0 Å². The number of nitriles is 1. The summed E-state index contributed by atoms with van der Waals surface area (Å²) in [5.41, 5.74) is 0.645. The van der Waals surface area contributed by atoms with Crippen molar-refractivity contribution in [2.24, 2.45) is 0 Å². The lowest BCUT2D eigenvalue weighted by Gasteiger charge is -2.26. The molecular weight excluding hydrogens is 304 g/mol. The zero-order chi connectivity index (χ0) is 16.9. The van der Waals surface area contributed by atoms with E-state index in [0.717, 1.165) is 44.0 Å². The lowest BCUT2D eigenvalue weighted by molar-refractivity contribution is 0.209. The molecule has 0 aliphatic carbocycles. The number of aromatic nitrogens is 3. The summed E-state index contributed by atoms with van der Waals surface area (Å²) in [5, 5.41) is 13.3. The highest BCUT2D eigenvalue weighted by molar-refractivity contribution is 5.53. The fourth-order valence-electron chi connectivity index (χ4n) is 3.23. The Balaban J connectivity index is 1.63. The molecule has 1 aliphatic rings. The van der Waals surface area contributed by atoms with E-state index in [0.29, 0.717) is 24.0 Å². The van der Waals surface area contributed by atoms with Crippen molar-refractivity contribution in [3.05, 3.63) is 35.6 Å². The Bertz CT molecular complexity index is 722. The summed E-state index contributed by atoms with van der Waals surface area (Å²) < 4.78 is 5.04. The Morgan fingerprint density at radius 3 is 3.04 bits per heavy atom. The van der Waals surface area contributed by atoms with Crippen LogP contribution in [0.5, 0.6) is 0 Å². The molecule has 1 unspecified atom stereocenters. The van der Waals surface area contributed by atoms with Crippen molar-refractivity contribution in [1.82, 2.24) is 20.0 Å². The van der Waals surface area contributed by atoms with Gasteiger partial charge < -0.3 is 9.42 Å². The number of hydrogen-bond donors (Lipinski definition) is 0. The van der Waals surface area contributed by atoms with Gasteiger partial charge in [-0.05, 0) is 38.4 Å². The van der Waals surface area contributed by atoms with Crippen LogP contribution < -0.4 is 4.90 Å². The van der Waals surface area contributed by atoms with Crippen LogP contribution in [0.1, 0.15) is 36.5 Å². The third kappa shape index (κ3) is 3.71. The third-order valence-electron chi connectivity index (χ3n) is 4.49. The van der Waals surface area contributed by atoms with Crippen LogP contribution in [0.2, 0.25) is 0 Å². The number of hydrogen-bond acceptors (Lipinski definition) is 7. The molecule has 1 saturated heterocycles. The number of rotatable bonds is 4. The standard InChI is InChI=1S/C17H22N6O/c1-13-20-16(21-24-13)12-22(2)15-6-4-9-23(10-7-15)17-14(11-18)5-3-8-19-17/h3,5,8,15H,4,6-7,9-10,12H2,1-2H3. The molecule has 1 aliphatic heterocycles. The van der Waals surface area contributed by atoms with Crippen molar-refractivity contribution in [1.29, 1.82) is 5.26 Å². The first-order valence-corrected chi connectivity index (χ1v) is 8.27. The summed E-state index contributed by atoms with van der Waals surface area (Å²) in [6, 6.07) is 6.34. The Hall–Kier alpha value is -2.46. The second kappa shape index (κ2) is 7.41. The van der Waals surface area contributed by atoms with Gasteiger partial charge in [0.1, 0.15) is 11.9 Å². The highest BCUT2D eigenvalue weighted by Crippen LogP contribution is 2.23. The molecule has 0 saturated carbocycles. The lowest BCUT2D eigenvalue weighted by Crippen LogP contribution is -2.33. The second-order valence-corrected chi connectivity index (χ2v) is 6.20. The molecule has 1 atom stereocenters. The maximum absolute atomic E-state index is 9.28. The van der Waals surface area contributed by atoms with Gasteiger partial charge in [-0.1, -0.05) is 5.16 Å². The van der Waals surface area contributed by atoms with E-state index < -0.39 is 0 Å².